The highest BCUT2D eigenvalue weighted by Crippen LogP contribution is 2.19. The number of hydrogen-bond donors (Lipinski definition) is 0. The molecule has 108 valence electrons. The fourth-order valence-electron chi connectivity index (χ4n) is 2.28. The number of pyridine rings is 1. The van der Waals surface area contributed by atoms with E-state index in [1.165, 1.54) is 12.1 Å². The highest BCUT2D eigenvalue weighted by atomic mass is 19.1. The van der Waals surface area contributed by atoms with Crippen LogP contribution in [-0.2, 0) is 9.53 Å². The fourth-order valence-corrected chi connectivity index (χ4v) is 2.28. The first-order chi connectivity index (χ1) is 9.61. The minimum Gasteiger partial charge on any atom is -0.466 e. The molecule has 20 heavy (non-hydrogen) atoms. The van der Waals surface area contributed by atoms with Crippen molar-refractivity contribution in [3.63, 3.8) is 0 Å². The number of esters is 1. The van der Waals surface area contributed by atoms with Gasteiger partial charge in [-0.3, -0.25) is 9.59 Å². The first-order valence-corrected chi connectivity index (χ1v) is 6.69. The Morgan fingerprint density at radius 2 is 2.30 bits per heavy atom. The van der Waals surface area contributed by atoms with E-state index >= 15 is 0 Å². The average Bonchev–Trinajstić information content (AvgIpc) is 2.48. The van der Waals surface area contributed by atoms with E-state index in [1.54, 1.807) is 11.8 Å². The number of rotatable bonds is 3. The van der Waals surface area contributed by atoms with Crippen molar-refractivity contribution in [2.45, 2.75) is 19.8 Å². The number of ether oxygens (including phenoxy) is 1. The van der Waals surface area contributed by atoms with Crippen LogP contribution in [0, 0.1) is 11.7 Å². The Hall–Kier alpha value is -1.98. The number of likely N-dealkylation sites (tertiary alicyclic amines) is 1. The fraction of sp³-hybridized carbons (Fsp3) is 0.500. The zero-order chi connectivity index (χ0) is 14.5. The molecule has 0 spiro atoms. The van der Waals surface area contributed by atoms with Gasteiger partial charge < -0.3 is 9.64 Å². The molecule has 5 nitrogen and oxygen atoms in total. The van der Waals surface area contributed by atoms with E-state index in [0.29, 0.717) is 19.7 Å². The lowest BCUT2D eigenvalue weighted by Crippen LogP contribution is -2.43. The minimum absolute atomic E-state index is 0.191. The monoisotopic (exact) mass is 280 g/mol. The molecule has 1 aromatic rings. The number of hydrogen-bond acceptors (Lipinski definition) is 4. The van der Waals surface area contributed by atoms with Crippen LogP contribution >= 0.6 is 0 Å². The largest absolute Gasteiger partial charge is 0.466 e. The normalized spacial score (nSPS) is 18.7. The summed E-state index contributed by atoms with van der Waals surface area (Å²) in [5, 5.41) is 0. The van der Waals surface area contributed by atoms with Crippen molar-refractivity contribution < 1.29 is 18.7 Å². The number of amides is 1. The molecule has 1 aliphatic heterocycles. The van der Waals surface area contributed by atoms with Crippen LogP contribution in [0.15, 0.2) is 18.3 Å². The van der Waals surface area contributed by atoms with Crippen LogP contribution in [0.3, 0.4) is 0 Å². The summed E-state index contributed by atoms with van der Waals surface area (Å²) >= 11 is 0. The van der Waals surface area contributed by atoms with Crippen LogP contribution in [0.25, 0.3) is 0 Å². The van der Waals surface area contributed by atoms with Gasteiger partial charge in [0.2, 0.25) is 0 Å². The Labute approximate surface area is 116 Å². The molecular formula is C14H17FN2O3. The second-order valence-electron chi connectivity index (χ2n) is 4.70. The lowest BCUT2D eigenvalue weighted by Gasteiger charge is -2.31. The van der Waals surface area contributed by atoms with Crippen molar-refractivity contribution in [1.29, 1.82) is 0 Å². The highest BCUT2D eigenvalue weighted by molar-refractivity contribution is 5.92. The van der Waals surface area contributed by atoms with Crippen LogP contribution in [-0.4, -0.2) is 41.5 Å². The summed E-state index contributed by atoms with van der Waals surface area (Å²) in [6.45, 7) is 3.00. The van der Waals surface area contributed by atoms with Crippen molar-refractivity contribution in [2.75, 3.05) is 19.7 Å². The van der Waals surface area contributed by atoms with Crippen molar-refractivity contribution in [3.05, 3.63) is 29.8 Å². The summed E-state index contributed by atoms with van der Waals surface area (Å²) in [6, 6.07) is 2.55. The van der Waals surface area contributed by atoms with Gasteiger partial charge in [0.05, 0.1) is 18.7 Å². The molecule has 1 aliphatic rings. The molecule has 1 saturated heterocycles. The van der Waals surface area contributed by atoms with Crippen LogP contribution in [0.5, 0.6) is 0 Å². The third kappa shape index (κ3) is 3.31. The maximum atomic E-state index is 12.8. The molecule has 0 radical (unpaired) electrons. The molecule has 0 N–H and O–H groups in total. The van der Waals surface area contributed by atoms with Crippen LogP contribution in [0.2, 0.25) is 0 Å². The van der Waals surface area contributed by atoms with Gasteiger partial charge in [0.15, 0.2) is 0 Å². The van der Waals surface area contributed by atoms with Gasteiger partial charge in [-0.25, -0.2) is 9.37 Å². The van der Waals surface area contributed by atoms with Crippen LogP contribution in [0.1, 0.15) is 30.3 Å². The maximum Gasteiger partial charge on any atom is 0.310 e. The lowest BCUT2D eigenvalue weighted by molar-refractivity contribution is -0.149. The third-order valence-corrected chi connectivity index (χ3v) is 3.28. The molecule has 1 atom stereocenters. The summed E-state index contributed by atoms with van der Waals surface area (Å²) in [6.07, 6.45) is 2.48. The number of carbonyl (C=O) groups is 2. The molecule has 2 rings (SSSR count). The number of aromatic nitrogens is 1. The van der Waals surface area contributed by atoms with Gasteiger partial charge in [-0.2, -0.15) is 0 Å². The molecule has 0 unspecified atom stereocenters. The summed E-state index contributed by atoms with van der Waals surface area (Å²) in [7, 11) is 0. The van der Waals surface area contributed by atoms with Gasteiger partial charge in [0, 0.05) is 13.1 Å². The Balaban J connectivity index is 2.03. The Bertz CT molecular complexity index is 490. The summed E-state index contributed by atoms with van der Waals surface area (Å²) < 4.78 is 17.8. The van der Waals surface area contributed by atoms with Gasteiger partial charge in [-0.05, 0) is 31.9 Å². The highest BCUT2D eigenvalue weighted by Gasteiger charge is 2.30. The first kappa shape index (κ1) is 14.4. The zero-order valence-electron chi connectivity index (χ0n) is 11.3. The molecule has 2 heterocycles. The number of carbonyl (C=O) groups excluding carboxylic acids is 2. The predicted octanol–water partition coefficient (Wildman–Crippen LogP) is 1.64. The molecule has 0 saturated carbocycles. The van der Waals surface area contributed by atoms with E-state index in [-0.39, 0.29) is 23.5 Å². The Morgan fingerprint density at radius 3 is 2.95 bits per heavy atom. The van der Waals surface area contributed by atoms with Gasteiger partial charge >= 0.3 is 5.97 Å². The predicted molar refractivity (Wildman–Crippen MR) is 69.5 cm³/mol. The smallest absolute Gasteiger partial charge is 0.310 e. The van der Waals surface area contributed by atoms with Gasteiger partial charge in [-0.15, -0.1) is 0 Å². The lowest BCUT2D eigenvalue weighted by atomic mass is 9.98. The molecule has 6 heteroatoms. The van der Waals surface area contributed by atoms with Gasteiger partial charge in [0.25, 0.3) is 5.91 Å². The topological polar surface area (TPSA) is 59.5 Å². The number of halogens is 1. The average molecular weight is 280 g/mol. The summed E-state index contributed by atoms with van der Waals surface area (Å²) in [5.74, 6) is -1.31. The Morgan fingerprint density at radius 1 is 1.50 bits per heavy atom. The molecule has 1 fully saturated rings. The van der Waals surface area contributed by atoms with E-state index in [9.17, 15) is 14.0 Å². The first-order valence-electron chi connectivity index (χ1n) is 6.69. The minimum atomic E-state index is -0.482. The molecular weight excluding hydrogens is 263 g/mol. The standard InChI is InChI=1S/C14H17FN2O3/c1-2-20-14(19)10-4-3-7-17(9-10)13(18)12-6-5-11(15)8-16-12/h5-6,8,10H,2-4,7,9H2,1H3/t10-/m0/s1. The van der Waals surface area contributed by atoms with Gasteiger partial charge in [0.1, 0.15) is 11.5 Å². The van der Waals surface area contributed by atoms with E-state index in [2.05, 4.69) is 4.98 Å². The molecule has 0 bridgehead atoms. The summed E-state index contributed by atoms with van der Waals surface area (Å²) in [4.78, 5) is 29.3. The summed E-state index contributed by atoms with van der Waals surface area (Å²) in [5.41, 5.74) is 0.191. The van der Waals surface area contributed by atoms with Crippen LogP contribution < -0.4 is 0 Å². The van der Waals surface area contributed by atoms with Crippen LogP contribution in [0.4, 0.5) is 4.39 Å². The molecule has 0 aliphatic carbocycles. The van der Waals surface area contributed by atoms with Gasteiger partial charge in [-0.1, -0.05) is 0 Å². The van der Waals surface area contributed by atoms with E-state index in [0.717, 1.165) is 19.0 Å². The van der Waals surface area contributed by atoms with Crippen molar-refractivity contribution >= 4 is 11.9 Å². The van der Waals surface area contributed by atoms with Crippen molar-refractivity contribution in [2.24, 2.45) is 5.92 Å². The van der Waals surface area contributed by atoms with E-state index in [4.69, 9.17) is 4.74 Å². The van der Waals surface area contributed by atoms with Crippen molar-refractivity contribution in [1.82, 2.24) is 9.88 Å². The molecule has 1 aromatic heterocycles. The number of nitrogens with zero attached hydrogens (tertiary/aromatic N) is 2. The molecule has 0 aromatic carbocycles. The van der Waals surface area contributed by atoms with Crippen molar-refractivity contribution in [3.8, 4) is 0 Å². The zero-order valence-corrected chi connectivity index (χ0v) is 11.3. The van der Waals surface area contributed by atoms with E-state index < -0.39 is 5.82 Å². The quantitative estimate of drug-likeness (QED) is 0.790. The number of piperidine rings is 1. The molecule has 1 amide bonds. The maximum absolute atomic E-state index is 12.8. The second kappa shape index (κ2) is 6.45. The van der Waals surface area contributed by atoms with E-state index in [1.807, 2.05) is 0 Å². The Kier molecular flexibility index (Phi) is 4.65. The third-order valence-electron chi connectivity index (χ3n) is 3.28. The second-order valence-corrected chi connectivity index (χ2v) is 4.70. The SMILES string of the molecule is CCOC(=O)[C@H]1CCCN(C(=O)c2ccc(F)cn2)C1.